The van der Waals surface area contributed by atoms with Crippen molar-refractivity contribution in [3.05, 3.63) is 12.4 Å². The van der Waals surface area contributed by atoms with E-state index >= 15 is 0 Å². The summed E-state index contributed by atoms with van der Waals surface area (Å²) >= 11 is 1.39. The third-order valence-electron chi connectivity index (χ3n) is 1.41. The van der Waals surface area contributed by atoms with Gasteiger partial charge in [-0.25, -0.2) is 9.97 Å². The molecule has 1 aromatic rings. The van der Waals surface area contributed by atoms with Crippen molar-refractivity contribution in [3.8, 4) is 0 Å². The highest BCUT2D eigenvalue weighted by Crippen LogP contribution is 2.13. The fourth-order valence-corrected chi connectivity index (χ4v) is 1.43. The van der Waals surface area contributed by atoms with E-state index in [0.29, 0.717) is 23.0 Å². The minimum Gasteiger partial charge on any atom is -0.469 e. The SMILES string of the molecule is COC(=O)CCSc1ncc(N)cn1. The van der Waals surface area contributed by atoms with E-state index in [2.05, 4.69) is 14.7 Å². The number of nitrogens with zero attached hydrogens (tertiary/aromatic N) is 2. The van der Waals surface area contributed by atoms with Gasteiger partial charge in [-0.05, 0) is 0 Å². The molecule has 1 heterocycles. The summed E-state index contributed by atoms with van der Waals surface area (Å²) in [4.78, 5) is 18.7. The molecule has 76 valence electrons. The molecule has 0 saturated carbocycles. The van der Waals surface area contributed by atoms with Crippen molar-refractivity contribution in [2.24, 2.45) is 0 Å². The number of rotatable bonds is 4. The molecule has 0 unspecified atom stereocenters. The summed E-state index contributed by atoms with van der Waals surface area (Å²) in [6.45, 7) is 0. The lowest BCUT2D eigenvalue weighted by Gasteiger charge is -1.99. The van der Waals surface area contributed by atoms with E-state index in [1.54, 1.807) is 0 Å². The first-order chi connectivity index (χ1) is 6.72. The molecular weight excluding hydrogens is 202 g/mol. The number of hydrogen-bond acceptors (Lipinski definition) is 6. The van der Waals surface area contributed by atoms with Crippen LogP contribution in [0.25, 0.3) is 0 Å². The predicted octanol–water partition coefficient (Wildman–Crippen LogP) is 0.714. The van der Waals surface area contributed by atoms with Crippen LogP contribution in [0, 0.1) is 0 Å². The fourth-order valence-electron chi connectivity index (χ4n) is 0.728. The van der Waals surface area contributed by atoms with Gasteiger partial charge >= 0.3 is 5.97 Å². The van der Waals surface area contributed by atoms with Gasteiger partial charge in [-0.3, -0.25) is 4.79 Å². The molecule has 0 amide bonds. The van der Waals surface area contributed by atoms with Crippen LogP contribution in [0.2, 0.25) is 0 Å². The van der Waals surface area contributed by atoms with Crippen LogP contribution < -0.4 is 5.73 Å². The van der Waals surface area contributed by atoms with Crippen LogP contribution in [0.4, 0.5) is 5.69 Å². The number of nitrogen functional groups attached to an aromatic ring is 1. The number of aromatic nitrogens is 2. The summed E-state index contributed by atoms with van der Waals surface area (Å²) in [6.07, 6.45) is 3.43. The second kappa shape index (κ2) is 5.43. The van der Waals surface area contributed by atoms with Crippen molar-refractivity contribution < 1.29 is 9.53 Å². The van der Waals surface area contributed by atoms with Gasteiger partial charge in [-0.1, -0.05) is 11.8 Å². The zero-order valence-electron chi connectivity index (χ0n) is 7.77. The van der Waals surface area contributed by atoms with Crippen LogP contribution in [-0.2, 0) is 9.53 Å². The lowest BCUT2D eigenvalue weighted by atomic mass is 10.5. The number of esters is 1. The van der Waals surface area contributed by atoms with E-state index in [4.69, 9.17) is 5.73 Å². The first-order valence-electron chi connectivity index (χ1n) is 3.99. The lowest BCUT2D eigenvalue weighted by Crippen LogP contribution is -2.01. The number of carbonyl (C=O) groups excluding carboxylic acids is 1. The molecular formula is C8H11N3O2S. The van der Waals surface area contributed by atoms with Gasteiger partial charge in [-0.15, -0.1) is 0 Å². The molecule has 0 radical (unpaired) electrons. The Morgan fingerprint density at radius 1 is 1.57 bits per heavy atom. The van der Waals surface area contributed by atoms with Crippen molar-refractivity contribution in [3.63, 3.8) is 0 Å². The lowest BCUT2D eigenvalue weighted by molar-refractivity contribution is -0.140. The molecule has 2 N–H and O–H groups in total. The minimum atomic E-state index is -0.229. The number of methoxy groups -OCH3 is 1. The third-order valence-corrected chi connectivity index (χ3v) is 2.29. The maximum Gasteiger partial charge on any atom is 0.306 e. The molecule has 0 aliphatic carbocycles. The van der Waals surface area contributed by atoms with Gasteiger partial charge in [0.1, 0.15) is 0 Å². The van der Waals surface area contributed by atoms with Crippen molar-refractivity contribution >= 4 is 23.4 Å². The average Bonchev–Trinajstić information content (AvgIpc) is 2.21. The molecule has 0 atom stereocenters. The van der Waals surface area contributed by atoms with Gasteiger partial charge < -0.3 is 10.5 Å². The molecule has 0 spiro atoms. The molecule has 0 aliphatic rings. The van der Waals surface area contributed by atoms with Crippen molar-refractivity contribution in [2.45, 2.75) is 11.6 Å². The summed E-state index contributed by atoms with van der Waals surface area (Å²) in [6, 6.07) is 0. The van der Waals surface area contributed by atoms with E-state index < -0.39 is 0 Å². The van der Waals surface area contributed by atoms with Crippen LogP contribution in [-0.4, -0.2) is 28.8 Å². The Labute approximate surface area is 86.1 Å². The van der Waals surface area contributed by atoms with Crippen molar-refractivity contribution in [1.29, 1.82) is 0 Å². The van der Waals surface area contributed by atoms with Crippen LogP contribution in [0.1, 0.15) is 6.42 Å². The summed E-state index contributed by atoms with van der Waals surface area (Å²) in [5.74, 6) is 0.379. The van der Waals surface area contributed by atoms with Gasteiger partial charge in [0.15, 0.2) is 5.16 Å². The van der Waals surface area contributed by atoms with Gasteiger partial charge in [-0.2, -0.15) is 0 Å². The number of ether oxygens (including phenoxy) is 1. The Morgan fingerprint density at radius 3 is 2.79 bits per heavy atom. The summed E-state index contributed by atoms with van der Waals surface area (Å²) in [5.41, 5.74) is 5.95. The van der Waals surface area contributed by atoms with E-state index in [0.717, 1.165) is 0 Å². The van der Waals surface area contributed by atoms with Crippen LogP contribution >= 0.6 is 11.8 Å². The van der Waals surface area contributed by atoms with Crippen molar-refractivity contribution in [1.82, 2.24) is 9.97 Å². The number of thioether (sulfide) groups is 1. The number of anilines is 1. The molecule has 6 heteroatoms. The van der Waals surface area contributed by atoms with Gasteiger partial charge in [0.2, 0.25) is 0 Å². The van der Waals surface area contributed by atoms with Crippen LogP contribution in [0.5, 0.6) is 0 Å². The molecule has 0 fully saturated rings. The van der Waals surface area contributed by atoms with Gasteiger partial charge in [0, 0.05) is 5.75 Å². The first kappa shape index (κ1) is 10.8. The zero-order chi connectivity index (χ0) is 10.4. The minimum absolute atomic E-state index is 0.229. The normalized spacial score (nSPS) is 9.79. The quantitative estimate of drug-likeness (QED) is 0.451. The summed E-state index contributed by atoms with van der Waals surface area (Å²) < 4.78 is 4.49. The Bertz CT molecular complexity index is 302. The smallest absolute Gasteiger partial charge is 0.306 e. The second-order valence-corrected chi connectivity index (χ2v) is 3.54. The molecule has 0 aliphatic heterocycles. The highest BCUT2D eigenvalue weighted by Gasteiger charge is 2.02. The molecule has 1 aromatic heterocycles. The van der Waals surface area contributed by atoms with Gasteiger partial charge in [0.05, 0.1) is 31.6 Å². The van der Waals surface area contributed by atoms with E-state index in [1.807, 2.05) is 0 Å². The van der Waals surface area contributed by atoms with E-state index in [9.17, 15) is 4.79 Å². The van der Waals surface area contributed by atoms with E-state index in [1.165, 1.54) is 31.3 Å². The largest absolute Gasteiger partial charge is 0.469 e. The number of carbonyl (C=O) groups is 1. The van der Waals surface area contributed by atoms with Crippen LogP contribution in [0.3, 0.4) is 0 Å². The average molecular weight is 213 g/mol. The Hall–Kier alpha value is -1.30. The predicted molar refractivity (Wildman–Crippen MR) is 53.8 cm³/mol. The summed E-state index contributed by atoms with van der Waals surface area (Å²) in [5, 5.41) is 0.614. The molecule has 0 bridgehead atoms. The molecule has 0 aromatic carbocycles. The monoisotopic (exact) mass is 213 g/mol. The van der Waals surface area contributed by atoms with Gasteiger partial charge in [0.25, 0.3) is 0 Å². The Balaban J connectivity index is 2.31. The number of nitrogens with two attached hydrogens (primary N) is 1. The zero-order valence-corrected chi connectivity index (χ0v) is 8.58. The maximum atomic E-state index is 10.8. The molecule has 14 heavy (non-hydrogen) atoms. The summed E-state index contributed by atoms with van der Waals surface area (Å²) in [7, 11) is 1.37. The fraction of sp³-hybridized carbons (Fsp3) is 0.375. The molecule has 5 nitrogen and oxygen atoms in total. The van der Waals surface area contributed by atoms with Crippen LogP contribution in [0.15, 0.2) is 17.6 Å². The maximum absolute atomic E-state index is 10.8. The molecule has 1 rings (SSSR count). The molecule has 0 saturated heterocycles. The first-order valence-corrected chi connectivity index (χ1v) is 4.98. The van der Waals surface area contributed by atoms with E-state index in [-0.39, 0.29) is 5.97 Å². The third kappa shape index (κ3) is 3.61. The Kier molecular flexibility index (Phi) is 4.18. The van der Waals surface area contributed by atoms with Crippen molar-refractivity contribution in [2.75, 3.05) is 18.6 Å². The highest BCUT2D eigenvalue weighted by molar-refractivity contribution is 7.99. The standard InChI is InChI=1S/C8H11N3O2S/c1-13-7(12)2-3-14-8-10-4-6(9)5-11-8/h4-5H,2-3,9H2,1H3. The number of hydrogen-bond donors (Lipinski definition) is 1. The Morgan fingerprint density at radius 2 is 2.21 bits per heavy atom. The highest BCUT2D eigenvalue weighted by atomic mass is 32.2. The topological polar surface area (TPSA) is 78.1 Å². The second-order valence-electron chi connectivity index (χ2n) is 2.47.